The average molecular weight is 470 g/mol. The van der Waals surface area contributed by atoms with Crippen molar-refractivity contribution in [3.05, 3.63) is 75.3 Å². The maximum atomic E-state index is 13.1. The Kier molecular flexibility index (Phi) is 5.99. The average Bonchev–Trinajstić information content (AvgIpc) is 3.28. The van der Waals surface area contributed by atoms with Crippen LogP contribution in [0.4, 0.5) is 5.13 Å². The molecule has 1 fully saturated rings. The number of aliphatic hydroxyl groups excluding tert-OH is 1. The lowest BCUT2D eigenvalue weighted by Crippen LogP contribution is -2.29. The Morgan fingerprint density at radius 2 is 1.88 bits per heavy atom. The van der Waals surface area contributed by atoms with Crippen LogP contribution in [0.2, 0.25) is 5.02 Å². The van der Waals surface area contributed by atoms with Gasteiger partial charge >= 0.3 is 5.91 Å². The highest BCUT2D eigenvalue weighted by molar-refractivity contribution is 7.15. The highest BCUT2D eigenvalue weighted by atomic mass is 35.5. The number of aryl methyl sites for hydroxylation is 1. The minimum Gasteiger partial charge on any atom is -0.507 e. The van der Waals surface area contributed by atoms with Crippen LogP contribution in [0, 0.1) is 6.92 Å². The Bertz CT molecular complexity index is 1220. The second-order valence-electron chi connectivity index (χ2n) is 7.52. The van der Waals surface area contributed by atoms with Gasteiger partial charge in [-0.05, 0) is 62.7 Å². The number of ketones is 1. The minimum atomic E-state index is -0.896. The second kappa shape index (κ2) is 8.72. The van der Waals surface area contributed by atoms with Gasteiger partial charge in [0.1, 0.15) is 16.5 Å². The number of aromatic nitrogens is 2. The molecule has 0 radical (unpaired) electrons. The predicted octanol–water partition coefficient (Wildman–Crippen LogP) is 4.91. The number of carbonyl (C=O) groups excluding carboxylic acids is 2. The van der Waals surface area contributed by atoms with Crippen molar-refractivity contribution in [2.45, 2.75) is 32.9 Å². The van der Waals surface area contributed by atoms with E-state index in [1.54, 1.807) is 55.5 Å². The monoisotopic (exact) mass is 469 g/mol. The standard InChI is InChI=1S/C23H20ClN3O4S/c1-12(2)31-17-9-7-14(8-10-17)20(28)18-19(15-5-4-6-16(24)11-15)27(22(30)21(18)29)23-26-25-13(3)32-23/h4-12,19,28H,1-3H3. The van der Waals surface area contributed by atoms with Crippen molar-refractivity contribution in [2.75, 3.05) is 4.90 Å². The maximum Gasteiger partial charge on any atom is 0.301 e. The highest BCUT2D eigenvalue weighted by Gasteiger charge is 2.48. The number of benzene rings is 2. The smallest absolute Gasteiger partial charge is 0.301 e. The van der Waals surface area contributed by atoms with Crippen LogP contribution in [0.25, 0.3) is 5.76 Å². The summed E-state index contributed by atoms with van der Waals surface area (Å²) in [5.74, 6) is -1.24. The van der Waals surface area contributed by atoms with Gasteiger partial charge in [0.2, 0.25) is 5.13 Å². The van der Waals surface area contributed by atoms with Gasteiger partial charge in [-0.2, -0.15) is 0 Å². The molecule has 7 nitrogen and oxygen atoms in total. The van der Waals surface area contributed by atoms with Crippen molar-refractivity contribution >= 4 is 45.5 Å². The summed E-state index contributed by atoms with van der Waals surface area (Å²) >= 11 is 7.38. The normalized spacial score (nSPS) is 17.9. The van der Waals surface area contributed by atoms with Gasteiger partial charge in [0.05, 0.1) is 17.7 Å². The molecule has 4 rings (SSSR count). The van der Waals surface area contributed by atoms with E-state index in [2.05, 4.69) is 10.2 Å². The van der Waals surface area contributed by atoms with Crippen LogP contribution in [0.15, 0.2) is 54.1 Å². The first-order valence-corrected chi connectivity index (χ1v) is 11.1. The van der Waals surface area contributed by atoms with E-state index >= 15 is 0 Å². The maximum absolute atomic E-state index is 13.1. The first-order valence-electron chi connectivity index (χ1n) is 9.90. The molecule has 1 unspecified atom stereocenters. The number of hydrogen-bond donors (Lipinski definition) is 1. The summed E-state index contributed by atoms with van der Waals surface area (Å²) in [6.07, 6.45) is -0.00189. The van der Waals surface area contributed by atoms with Crippen LogP contribution >= 0.6 is 22.9 Å². The van der Waals surface area contributed by atoms with Gasteiger partial charge in [0.25, 0.3) is 5.78 Å². The SMILES string of the molecule is Cc1nnc(N2C(=O)C(=O)C(=C(O)c3ccc(OC(C)C)cc3)C2c2cccc(Cl)c2)s1. The van der Waals surface area contributed by atoms with Crippen molar-refractivity contribution in [2.24, 2.45) is 0 Å². The number of anilines is 1. The van der Waals surface area contributed by atoms with Crippen molar-refractivity contribution < 1.29 is 19.4 Å². The lowest BCUT2D eigenvalue weighted by Gasteiger charge is -2.22. The lowest BCUT2D eigenvalue weighted by atomic mass is 9.95. The van der Waals surface area contributed by atoms with Gasteiger partial charge in [0.15, 0.2) is 0 Å². The third-order valence-electron chi connectivity index (χ3n) is 4.83. The third kappa shape index (κ3) is 4.11. The first-order chi connectivity index (χ1) is 15.3. The van der Waals surface area contributed by atoms with Crippen molar-refractivity contribution in [3.8, 4) is 5.75 Å². The number of aliphatic hydroxyl groups is 1. The molecule has 32 heavy (non-hydrogen) atoms. The molecule has 1 aliphatic heterocycles. The molecule has 1 amide bonds. The van der Waals surface area contributed by atoms with E-state index in [9.17, 15) is 14.7 Å². The Labute approximate surface area is 193 Å². The quantitative estimate of drug-likeness (QED) is 0.324. The molecular weight excluding hydrogens is 450 g/mol. The van der Waals surface area contributed by atoms with Crippen molar-refractivity contribution in [1.29, 1.82) is 0 Å². The number of hydrogen-bond acceptors (Lipinski definition) is 7. The van der Waals surface area contributed by atoms with Gasteiger partial charge in [-0.25, -0.2) is 0 Å². The fourth-order valence-corrected chi connectivity index (χ4v) is 4.44. The number of ether oxygens (including phenoxy) is 1. The molecule has 1 saturated heterocycles. The summed E-state index contributed by atoms with van der Waals surface area (Å²) in [6.45, 7) is 5.58. The first kappa shape index (κ1) is 22.0. The molecule has 2 heterocycles. The number of rotatable bonds is 5. The highest BCUT2D eigenvalue weighted by Crippen LogP contribution is 2.43. The van der Waals surface area contributed by atoms with E-state index in [0.717, 1.165) is 0 Å². The summed E-state index contributed by atoms with van der Waals surface area (Å²) in [5.41, 5.74) is 0.924. The second-order valence-corrected chi connectivity index (χ2v) is 9.12. The van der Waals surface area contributed by atoms with Gasteiger partial charge in [-0.3, -0.25) is 14.5 Å². The van der Waals surface area contributed by atoms with Crippen LogP contribution in [-0.2, 0) is 9.59 Å². The van der Waals surface area contributed by atoms with Crippen molar-refractivity contribution in [3.63, 3.8) is 0 Å². The zero-order chi connectivity index (χ0) is 23.0. The van der Waals surface area contributed by atoms with Gasteiger partial charge < -0.3 is 9.84 Å². The molecule has 0 spiro atoms. The molecule has 1 aliphatic rings. The number of nitrogens with zero attached hydrogens (tertiary/aromatic N) is 3. The molecule has 164 valence electrons. The molecular formula is C23H20ClN3O4S. The molecule has 2 aromatic carbocycles. The lowest BCUT2D eigenvalue weighted by molar-refractivity contribution is -0.132. The minimum absolute atomic E-state index is 0.00189. The summed E-state index contributed by atoms with van der Waals surface area (Å²) in [7, 11) is 0. The van der Waals surface area contributed by atoms with E-state index in [1.165, 1.54) is 16.2 Å². The van der Waals surface area contributed by atoms with Gasteiger partial charge in [-0.15, -0.1) is 10.2 Å². The Hall–Kier alpha value is -3.23. The molecule has 0 saturated carbocycles. The van der Waals surface area contributed by atoms with Crippen LogP contribution in [0.5, 0.6) is 5.75 Å². The van der Waals surface area contributed by atoms with Crippen molar-refractivity contribution in [1.82, 2.24) is 10.2 Å². The van der Waals surface area contributed by atoms with E-state index in [0.29, 0.717) is 26.9 Å². The molecule has 9 heteroatoms. The van der Waals surface area contributed by atoms with E-state index in [1.807, 2.05) is 13.8 Å². The zero-order valence-electron chi connectivity index (χ0n) is 17.6. The van der Waals surface area contributed by atoms with Gasteiger partial charge in [0, 0.05) is 10.6 Å². The van der Waals surface area contributed by atoms with E-state index in [-0.39, 0.29) is 22.6 Å². The van der Waals surface area contributed by atoms with Crippen LogP contribution in [0.3, 0.4) is 0 Å². The summed E-state index contributed by atoms with van der Waals surface area (Å²) < 4.78 is 5.64. The summed E-state index contributed by atoms with van der Waals surface area (Å²) in [4.78, 5) is 27.4. The molecule has 1 aromatic heterocycles. The largest absolute Gasteiger partial charge is 0.507 e. The number of carbonyl (C=O) groups is 2. The van der Waals surface area contributed by atoms with Crippen LogP contribution < -0.4 is 9.64 Å². The number of amides is 1. The number of Topliss-reactive ketones (excluding diaryl/α,β-unsaturated/α-hetero) is 1. The molecule has 3 aromatic rings. The molecule has 0 bridgehead atoms. The summed E-state index contributed by atoms with van der Waals surface area (Å²) in [6, 6.07) is 12.6. The predicted molar refractivity (Wildman–Crippen MR) is 123 cm³/mol. The molecule has 1 atom stereocenters. The summed E-state index contributed by atoms with van der Waals surface area (Å²) in [5, 5.41) is 20.5. The Balaban J connectivity index is 1.86. The number of halogens is 1. The zero-order valence-corrected chi connectivity index (χ0v) is 19.1. The van der Waals surface area contributed by atoms with Crippen LogP contribution in [-0.4, -0.2) is 33.1 Å². The third-order valence-corrected chi connectivity index (χ3v) is 5.90. The fourth-order valence-electron chi connectivity index (χ4n) is 3.52. The Morgan fingerprint density at radius 1 is 1.16 bits per heavy atom. The van der Waals surface area contributed by atoms with Crippen LogP contribution in [0.1, 0.15) is 36.0 Å². The Morgan fingerprint density at radius 3 is 2.47 bits per heavy atom. The molecule has 1 N–H and O–H groups in total. The van der Waals surface area contributed by atoms with E-state index < -0.39 is 17.7 Å². The van der Waals surface area contributed by atoms with Gasteiger partial charge in [-0.1, -0.05) is 35.1 Å². The van der Waals surface area contributed by atoms with E-state index in [4.69, 9.17) is 16.3 Å². The molecule has 0 aliphatic carbocycles. The topological polar surface area (TPSA) is 92.6 Å². The fraction of sp³-hybridized carbons (Fsp3) is 0.217.